The van der Waals surface area contributed by atoms with Crippen LogP contribution in [0.1, 0.15) is 50.8 Å². The largest absolute Gasteiger partial charge is 0.505 e. The van der Waals surface area contributed by atoms with Crippen molar-refractivity contribution in [2.75, 3.05) is 4.90 Å². The number of aromatic nitrogens is 3. The van der Waals surface area contributed by atoms with Crippen LogP contribution in [-0.2, 0) is 9.59 Å². The molecule has 1 aromatic carbocycles. The van der Waals surface area contributed by atoms with Crippen LogP contribution in [0.4, 0.5) is 5.13 Å². The van der Waals surface area contributed by atoms with Crippen molar-refractivity contribution in [1.82, 2.24) is 14.4 Å². The molecule has 1 atom stereocenters. The van der Waals surface area contributed by atoms with Gasteiger partial charge in [-0.25, -0.2) is 9.97 Å². The minimum atomic E-state index is -0.924. The Balaban J connectivity index is 1.76. The van der Waals surface area contributed by atoms with Gasteiger partial charge in [-0.1, -0.05) is 47.7 Å². The summed E-state index contributed by atoms with van der Waals surface area (Å²) < 4.78 is 1.83. The third kappa shape index (κ3) is 3.47. The predicted octanol–water partition coefficient (Wildman–Crippen LogP) is 4.54. The minimum absolute atomic E-state index is 0.0670. The number of aliphatic hydroxyl groups excluding tert-OH is 1. The molecule has 0 aliphatic carbocycles. The van der Waals surface area contributed by atoms with Gasteiger partial charge in [-0.3, -0.25) is 19.3 Å². The second-order valence-electron chi connectivity index (χ2n) is 8.48. The van der Waals surface area contributed by atoms with E-state index in [4.69, 9.17) is 0 Å². The lowest BCUT2D eigenvalue weighted by Crippen LogP contribution is -2.29. The van der Waals surface area contributed by atoms with Crippen molar-refractivity contribution in [2.45, 2.75) is 33.7 Å². The molecule has 1 N–H and O–H groups in total. The van der Waals surface area contributed by atoms with E-state index in [-0.39, 0.29) is 27.9 Å². The Morgan fingerprint density at radius 3 is 2.37 bits per heavy atom. The first-order valence-corrected chi connectivity index (χ1v) is 11.8. The van der Waals surface area contributed by atoms with Crippen molar-refractivity contribution in [1.29, 1.82) is 0 Å². The number of hydrogen-bond donors (Lipinski definition) is 1. The van der Waals surface area contributed by atoms with E-state index in [0.29, 0.717) is 27.5 Å². The Labute approximate surface area is 205 Å². The standard InChI is InChI=1S/C26H22N4O4S/c1-13-9-8-12-29-15(3)19(28-24(13)29)21(32)18-20(17-10-6-5-7-11-17)30(25(34)22(18)33)26-27-14(2)23(35-26)16(4)31/h5-12,20,32H,1-4H3. The fourth-order valence-electron chi connectivity index (χ4n) is 4.47. The Morgan fingerprint density at radius 1 is 1.03 bits per heavy atom. The highest BCUT2D eigenvalue weighted by molar-refractivity contribution is 7.18. The summed E-state index contributed by atoms with van der Waals surface area (Å²) >= 11 is 1.06. The number of anilines is 1. The van der Waals surface area contributed by atoms with Crippen LogP contribution >= 0.6 is 11.3 Å². The molecule has 4 aromatic rings. The van der Waals surface area contributed by atoms with Gasteiger partial charge in [-0.05, 0) is 38.0 Å². The van der Waals surface area contributed by atoms with Crippen LogP contribution in [-0.4, -0.2) is 36.9 Å². The second kappa shape index (κ2) is 8.28. The maximum absolute atomic E-state index is 13.4. The van der Waals surface area contributed by atoms with E-state index in [1.807, 2.05) is 35.7 Å². The van der Waals surface area contributed by atoms with E-state index in [1.54, 1.807) is 38.1 Å². The average Bonchev–Trinajstić information content (AvgIpc) is 3.47. The molecular weight excluding hydrogens is 464 g/mol. The zero-order valence-corrected chi connectivity index (χ0v) is 20.4. The number of ketones is 2. The van der Waals surface area contributed by atoms with Crippen molar-refractivity contribution in [2.24, 2.45) is 0 Å². The number of rotatable bonds is 4. The number of amides is 1. The fourth-order valence-corrected chi connectivity index (χ4v) is 5.46. The van der Waals surface area contributed by atoms with Crippen molar-refractivity contribution in [3.05, 3.63) is 87.3 Å². The first-order chi connectivity index (χ1) is 16.7. The molecule has 1 aliphatic rings. The lowest BCUT2D eigenvalue weighted by atomic mass is 9.96. The van der Waals surface area contributed by atoms with Crippen molar-refractivity contribution in [3.8, 4) is 0 Å². The Bertz CT molecular complexity index is 1560. The number of thiazole rings is 1. The SMILES string of the molecule is CC(=O)c1sc(N2C(=O)C(=O)C(=C(O)c3nc4c(C)cccn4c3C)C2c2ccccc2)nc1C. The fraction of sp³-hybridized carbons (Fsp3) is 0.192. The lowest BCUT2D eigenvalue weighted by Gasteiger charge is -2.22. The maximum Gasteiger partial charge on any atom is 0.301 e. The van der Waals surface area contributed by atoms with Crippen molar-refractivity contribution >= 4 is 45.3 Å². The molecule has 176 valence electrons. The summed E-state index contributed by atoms with van der Waals surface area (Å²) in [6.45, 7) is 6.83. The van der Waals surface area contributed by atoms with E-state index in [0.717, 1.165) is 16.9 Å². The molecule has 3 aromatic heterocycles. The number of carbonyl (C=O) groups is 3. The van der Waals surface area contributed by atoms with Crippen LogP contribution in [0.3, 0.4) is 0 Å². The zero-order chi connectivity index (χ0) is 25.0. The van der Waals surface area contributed by atoms with Gasteiger partial charge >= 0.3 is 5.91 Å². The Morgan fingerprint density at radius 2 is 1.74 bits per heavy atom. The normalized spacial score (nSPS) is 17.5. The number of fused-ring (bicyclic) bond motifs is 1. The number of pyridine rings is 1. The molecule has 5 rings (SSSR count). The van der Waals surface area contributed by atoms with Crippen LogP contribution in [0.25, 0.3) is 11.4 Å². The number of hydrogen-bond acceptors (Lipinski definition) is 7. The number of nitrogens with zero attached hydrogens (tertiary/aromatic N) is 4. The number of benzene rings is 1. The van der Waals surface area contributed by atoms with E-state index >= 15 is 0 Å². The summed E-state index contributed by atoms with van der Waals surface area (Å²) in [5.74, 6) is -2.17. The molecule has 0 saturated carbocycles. The molecule has 1 amide bonds. The number of aryl methyl sites for hydroxylation is 3. The first-order valence-electron chi connectivity index (χ1n) is 11.0. The number of aliphatic hydroxyl groups is 1. The summed E-state index contributed by atoms with van der Waals surface area (Å²) in [4.78, 5) is 49.5. The highest BCUT2D eigenvalue weighted by atomic mass is 32.1. The summed E-state index contributed by atoms with van der Waals surface area (Å²) in [6.07, 6.45) is 1.83. The molecule has 0 spiro atoms. The number of imidazole rings is 1. The molecule has 35 heavy (non-hydrogen) atoms. The Kier molecular flexibility index (Phi) is 5.36. The van der Waals surface area contributed by atoms with Gasteiger partial charge in [-0.2, -0.15) is 0 Å². The average molecular weight is 487 g/mol. The monoisotopic (exact) mass is 486 g/mol. The van der Waals surface area contributed by atoms with Gasteiger partial charge in [0.2, 0.25) is 0 Å². The van der Waals surface area contributed by atoms with Gasteiger partial charge < -0.3 is 9.51 Å². The van der Waals surface area contributed by atoms with Gasteiger partial charge in [0.1, 0.15) is 11.3 Å². The summed E-state index contributed by atoms with van der Waals surface area (Å²) in [6, 6.07) is 11.8. The summed E-state index contributed by atoms with van der Waals surface area (Å²) in [5, 5.41) is 11.7. The molecule has 1 fully saturated rings. The zero-order valence-electron chi connectivity index (χ0n) is 19.6. The topological polar surface area (TPSA) is 105 Å². The van der Waals surface area contributed by atoms with E-state index in [9.17, 15) is 19.5 Å². The highest BCUT2D eigenvalue weighted by Gasteiger charge is 2.48. The van der Waals surface area contributed by atoms with Crippen molar-refractivity contribution < 1.29 is 19.5 Å². The van der Waals surface area contributed by atoms with Crippen LogP contribution in [0.2, 0.25) is 0 Å². The first kappa shape index (κ1) is 22.7. The lowest BCUT2D eigenvalue weighted by molar-refractivity contribution is -0.132. The maximum atomic E-state index is 13.4. The molecule has 1 unspecified atom stereocenters. The van der Waals surface area contributed by atoms with Gasteiger partial charge in [0.05, 0.1) is 27.9 Å². The summed E-state index contributed by atoms with van der Waals surface area (Å²) in [5.41, 5.74) is 3.48. The number of carbonyl (C=O) groups excluding carboxylic acids is 3. The Hall–Kier alpha value is -4.11. The van der Waals surface area contributed by atoms with Gasteiger partial charge in [-0.15, -0.1) is 0 Å². The second-order valence-corrected chi connectivity index (χ2v) is 9.46. The molecule has 4 heterocycles. The molecule has 0 radical (unpaired) electrons. The van der Waals surface area contributed by atoms with Crippen LogP contribution < -0.4 is 4.90 Å². The molecule has 1 saturated heterocycles. The molecule has 9 heteroatoms. The smallest absolute Gasteiger partial charge is 0.301 e. The van der Waals surface area contributed by atoms with E-state index in [2.05, 4.69) is 9.97 Å². The minimum Gasteiger partial charge on any atom is -0.505 e. The number of Topliss-reactive ketones (excluding diaryl/α,β-unsaturated/α-hetero) is 2. The molecule has 8 nitrogen and oxygen atoms in total. The van der Waals surface area contributed by atoms with E-state index in [1.165, 1.54) is 11.8 Å². The van der Waals surface area contributed by atoms with Crippen molar-refractivity contribution in [3.63, 3.8) is 0 Å². The van der Waals surface area contributed by atoms with Crippen LogP contribution in [0.15, 0.2) is 54.2 Å². The van der Waals surface area contributed by atoms with Gasteiger partial charge in [0.15, 0.2) is 16.7 Å². The quantitative estimate of drug-likeness (QED) is 0.196. The highest BCUT2D eigenvalue weighted by Crippen LogP contribution is 2.44. The van der Waals surface area contributed by atoms with Gasteiger partial charge in [0.25, 0.3) is 5.78 Å². The predicted molar refractivity (Wildman–Crippen MR) is 133 cm³/mol. The third-order valence-corrected chi connectivity index (χ3v) is 7.44. The molecule has 0 bridgehead atoms. The van der Waals surface area contributed by atoms with Crippen LogP contribution in [0.5, 0.6) is 0 Å². The van der Waals surface area contributed by atoms with Crippen LogP contribution in [0, 0.1) is 20.8 Å². The van der Waals surface area contributed by atoms with Gasteiger partial charge in [0, 0.05) is 13.1 Å². The summed E-state index contributed by atoms with van der Waals surface area (Å²) in [7, 11) is 0. The van der Waals surface area contributed by atoms with E-state index < -0.39 is 17.7 Å². The third-order valence-electron chi connectivity index (χ3n) is 6.18. The molecular formula is C26H22N4O4S. The molecule has 1 aliphatic heterocycles.